The van der Waals surface area contributed by atoms with Gasteiger partial charge in [0.05, 0.1) is 12.2 Å². The number of nitrogens with two attached hydrogens (primary N) is 1. The van der Waals surface area contributed by atoms with Crippen LogP contribution in [0.5, 0.6) is 11.5 Å². The highest BCUT2D eigenvalue weighted by Crippen LogP contribution is 2.26. The summed E-state index contributed by atoms with van der Waals surface area (Å²) in [4.78, 5) is 11.7. The number of hydrogen-bond donors (Lipinski definition) is 1. The van der Waals surface area contributed by atoms with Crippen molar-refractivity contribution >= 4 is 23.3 Å². The topological polar surface area (TPSA) is 61.5 Å². The molecule has 20 heavy (non-hydrogen) atoms. The fraction of sp³-hybridized carbons (Fsp3) is 0.133. The summed E-state index contributed by atoms with van der Waals surface area (Å²) in [5, 5.41) is 0.627. The molecule has 0 radical (unpaired) electrons. The Morgan fingerprint density at radius 3 is 2.45 bits per heavy atom. The molecule has 0 unspecified atom stereocenters. The van der Waals surface area contributed by atoms with Gasteiger partial charge < -0.3 is 15.2 Å². The predicted molar refractivity (Wildman–Crippen MR) is 78.3 cm³/mol. The Morgan fingerprint density at radius 1 is 1.15 bits per heavy atom. The number of carbonyl (C=O) groups excluding carboxylic acids is 1. The fourth-order valence-electron chi connectivity index (χ4n) is 1.62. The number of halogens is 1. The molecule has 5 heteroatoms. The van der Waals surface area contributed by atoms with Crippen LogP contribution in [0.4, 0.5) is 5.69 Å². The molecule has 2 aromatic carbocycles. The molecule has 0 bridgehead atoms. The average molecular weight is 292 g/mol. The summed E-state index contributed by atoms with van der Waals surface area (Å²) in [6.07, 6.45) is 0. The van der Waals surface area contributed by atoms with Gasteiger partial charge in [-0.3, -0.25) is 0 Å². The second kappa shape index (κ2) is 6.30. The largest absolute Gasteiger partial charge is 0.462 e. The van der Waals surface area contributed by atoms with Gasteiger partial charge in [-0.25, -0.2) is 4.79 Å². The van der Waals surface area contributed by atoms with E-state index in [1.165, 1.54) is 0 Å². The normalized spacial score (nSPS) is 10.1. The van der Waals surface area contributed by atoms with Crippen LogP contribution in [0.2, 0.25) is 5.02 Å². The number of benzene rings is 2. The van der Waals surface area contributed by atoms with Gasteiger partial charge in [-0.15, -0.1) is 0 Å². The van der Waals surface area contributed by atoms with Crippen molar-refractivity contribution in [3.05, 3.63) is 53.1 Å². The van der Waals surface area contributed by atoms with E-state index in [4.69, 9.17) is 26.8 Å². The van der Waals surface area contributed by atoms with Crippen LogP contribution < -0.4 is 10.5 Å². The van der Waals surface area contributed by atoms with Crippen molar-refractivity contribution in [2.75, 3.05) is 12.3 Å². The summed E-state index contributed by atoms with van der Waals surface area (Å²) in [6, 6.07) is 11.8. The summed E-state index contributed by atoms with van der Waals surface area (Å²) < 4.78 is 10.6. The van der Waals surface area contributed by atoms with Crippen LogP contribution in [0.1, 0.15) is 17.3 Å². The van der Waals surface area contributed by atoms with Crippen molar-refractivity contribution in [3.8, 4) is 11.5 Å². The molecular weight excluding hydrogens is 278 g/mol. The zero-order chi connectivity index (χ0) is 14.5. The molecule has 2 aromatic rings. The van der Waals surface area contributed by atoms with Crippen LogP contribution in [-0.2, 0) is 4.74 Å². The van der Waals surface area contributed by atoms with Gasteiger partial charge >= 0.3 is 5.97 Å². The van der Waals surface area contributed by atoms with Crippen molar-refractivity contribution in [1.29, 1.82) is 0 Å². The second-order valence-electron chi connectivity index (χ2n) is 4.03. The van der Waals surface area contributed by atoms with Gasteiger partial charge in [0.1, 0.15) is 11.5 Å². The third-order valence-electron chi connectivity index (χ3n) is 2.57. The van der Waals surface area contributed by atoms with Gasteiger partial charge in [0, 0.05) is 10.7 Å². The van der Waals surface area contributed by atoms with Crippen LogP contribution in [-0.4, -0.2) is 12.6 Å². The molecule has 0 atom stereocenters. The summed E-state index contributed by atoms with van der Waals surface area (Å²) in [5.41, 5.74) is 6.40. The molecule has 0 saturated heterocycles. The lowest BCUT2D eigenvalue weighted by atomic mass is 10.1. The molecule has 0 aliphatic rings. The number of nitrogen functional groups attached to an aromatic ring is 1. The number of rotatable bonds is 4. The Kier molecular flexibility index (Phi) is 4.48. The second-order valence-corrected chi connectivity index (χ2v) is 4.46. The number of hydrogen-bond acceptors (Lipinski definition) is 4. The quantitative estimate of drug-likeness (QED) is 0.686. The van der Waals surface area contributed by atoms with E-state index >= 15 is 0 Å². The van der Waals surface area contributed by atoms with Crippen LogP contribution >= 0.6 is 11.6 Å². The first kappa shape index (κ1) is 14.2. The number of carbonyl (C=O) groups is 1. The maximum atomic E-state index is 11.7. The summed E-state index contributed by atoms with van der Waals surface area (Å²) in [6.45, 7) is 2.03. The lowest BCUT2D eigenvalue weighted by Crippen LogP contribution is -2.08. The monoisotopic (exact) mass is 291 g/mol. The predicted octanol–water partition coefficient (Wildman–Crippen LogP) is 3.89. The molecule has 2 N–H and O–H groups in total. The Hall–Kier alpha value is -2.20. The molecule has 0 aromatic heterocycles. The highest BCUT2D eigenvalue weighted by molar-refractivity contribution is 6.30. The van der Waals surface area contributed by atoms with Gasteiger partial charge in [-0.05, 0) is 49.4 Å². The first-order chi connectivity index (χ1) is 9.60. The number of anilines is 1. The van der Waals surface area contributed by atoms with E-state index in [1.807, 2.05) is 0 Å². The molecule has 0 fully saturated rings. The molecule has 0 spiro atoms. The lowest BCUT2D eigenvalue weighted by molar-refractivity contribution is 0.0527. The lowest BCUT2D eigenvalue weighted by Gasteiger charge is -2.09. The third kappa shape index (κ3) is 3.42. The summed E-state index contributed by atoms with van der Waals surface area (Å²) >= 11 is 5.80. The molecule has 2 rings (SSSR count). The molecule has 0 heterocycles. The smallest absolute Gasteiger partial charge is 0.340 e. The molecule has 0 aliphatic heterocycles. The van der Waals surface area contributed by atoms with Gasteiger partial charge in [0.15, 0.2) is 0 Å². The molecular formula is C15H14ClNO3. The number of ether oxygens (including phenoxy) is 2. The van der Waals surface area contributed by atoms with Crippen molar-refractivity contribution in [2.45, 2.75) is 6.92 Å². The van der Waals surface area contributed by atoms with Crippen LogP contribution in [0, 0.1) is 0 Å². The van der Waals surface area contributed by atoms with Crippen molar-refractivity contribution in [3.63, 3.8) is 0 Å². The first-order valence-corrected chi connectivity index (χ1v) is 6.48. The Morgan fingerprint density at radius 2 is 1.80 bits per heavy atom. The van der Waals surface area contributed by atoms with Crippen LogP contribution in [0.15, 0.2) is 42.5 Å². The zero-order valence-electron chi connectivity index (χ0n) is 10.9. The molecule has 0 aliphatic carbocycles. The highest BCUT2D eigenvalue weighted by atomic mass is 35.5. The minimum atomic E-state index is -0.466. The Bertz CT molecular complexity index is 611. The van der Waals surface area contributed by atoms with Crippen LogP contribution in [0.25, 0.3) is 0 Å². The zero-order valence-corrected chi connectivity index (χ0v) is 11.7. The van der Waals surface area contributed by atoms with Crippen LogP contribution in [0.3, 0.4) is 0 Å². The SMILES string of the molecule is CCOC(=O)c1cc(Oc2ccc(Cl)cc2)ccc1N. The standard InChI is InChI=1S/C15H14ClNO3/c1-2-19-15(18)13-9-12(7-8-14(13)17)20-11-5-3-10(16)4-6-11/h3-9H,2,17H2,1H3. The van der Waals surface area contributed by atoms with E-state index in [0.29, 0.717) is 34.4 Å². The number of esters is 1. The van der Waals surface area contributed by atoms with E-state index in [0.717, 1.165) is 0 Å². The third-order valence-corrected chi connectivity index (χ3v) is 2.82. The van der Waals surface area contributed by atoms with Crippen molar-refractivity contribution in [1.82, 2.24) is 0 Å². The van der Waals surface area contributed by atoms with Crippen molar-refractivity contribution in [2.24, 2.45) is 0 Å². The maximum absolute atomic E-state index is 11.7. The van der Waals surface area contributed by atoms with Gasteiger partial charge in [-0.2, -0.15) is 0 Å². The van der Waals surface area contributed by atoms with E-state index in [1.54, 1.807) is 49.4 Å². The fourth-order valence-corrected chi connectivity index (χ4v) is 1.75. The van der Waals surface area contributed by atoms with Gasteiger partial charge in [0.25, 0.3) is 0 Å². The molecule has 104 valence electrons. The van der Waals surface area contributed by atoms with E-state index < -0.39 is 5.97 Å². The first-order valence-electron chi connectivity index (χ1n) is 6.10. The van der Waals surface area contributed by atoms with Gasteiger partial charge in [-0.1, -0.05) is 11.6 Å². The van der Waals surface area contributed by atoms with E-state index in [2.05, 4.69) is 0 Å². The minimum Gasteiger partial charge on any atom is -0.462 e. The Balaban J connectivity index is 2.22. The molecule has 0 saturated carbocycles. The molecule has 4 nitrogen and oxygen atoms in total. The minimum absolute atomic E-state index is 0.290. The van der Waals surface area contributed by atoms with Gasteiger partial charge in [0.2, 0.25) is 0 Å². The van der Waals surface area contributed by atoms with E-state index in [-0.39, 0.29) is 0 Å². The maximum Gasteiger partial charge on any atom is 0.340 e. The summed E-state index contributed by atoms with van der Waals surface area (Å²) in [5.74, 6) is 0.658. The van der Waals surface area contributed by atoms with E-state index in [9.17, 15) is 4.79 Å². The molecule has 0 amide bonds. The Labute approximate surface area is 122 Å². The average Bonchev–Trinajstić information content (AvgIpc) is 2.43. The summed E-state index contributed by atoms with van der Waals surface area (Å²) in [7, 11) is 0. The highest BCUT2D eigenvalue weighted by Gasteiger charge is 2.12. The van der Waals surface area contributed by atoms with Crippen molar-refractivity contribution < 1.29 is 14.3 Å².